The Bertz CT molecular complexity index is 1930. The van der Waals surface area contributed by atoms with Gasteiger partial charge in [-0.2, -0.15) is 0 Å². The molecule has 2 N–H and O–H groups in total. The number of para-hydroxylation sites is 2. The number of aromatic nitrogens is 2. The van der Waals surface area contributed by atoms with Crippen molar-refractivity contribution in [3.05, 3.63) is 126 Å². The minimum Gasteiger partial charge on any atom is -0.494 e. The van der Waals surface area contributed by atoms with E-state index in [1.807, 2.05) is 12.1 Å². The summed E-state index contributed by atoms with van der Waals surface area (Å²) >= 11 is 0. The SMILES string of the molecule is CCCCCCCOc1ccc(C(=O)Oc2ccc(CN(CC(=O)O)C(=O)c3ccc(NC(=O)c4cnc5ccccc5n4)cc3)cc2)cc1. The molecule has 0 atom stereocenters. The van der Waals surface area contributed by atoms with Gasteiger partial charge in [-0.15, -0.1) is 0 Å². The molecule has 0 spiro atoms. The quantitative estimate of drug-likeness (QED) is 0.0631. The van der Waals surface area contributed by atoms with Crippen LogP contribution in [-0.2, 0) is 11.3 Å². The fourth-order valence-corrected chi connectivity index (χ4v) is 5.14. The van der Waals surface area contributed by atoms with Crippen molar-refractivity contribution in [2.45, 2.75) is 45.6 Å². The third-order valence-electron chi connectivity index (χ3n) is 7.80. The summed E-state index contributed by atoms with van der Waals surface area (Å²) in [5.41, 5.74) is 3.07. The molecule has 0 aliphatic heterocycles. The number of carbonyl (C=O) groups is 4. The van der Waals surface area contributed by atoms with Gasteiger partial charge in [-0.1, -0.05) is 56.9 Å². The summed E-state index contributed by atoms with van der Waals surface area (Å²) in [6.07, 6.45) is 7.14. The molecule has 5 aromatic rings. The summed E-state index contributed by atoms with van der Waals surface area (Å²) in [5.74, 6) is -1.68. The van der Waals surface area contributed by atoms with E-state index < -0.39 is 30.3 Å². The Morgan fingerprint density at radius 1 is 0.760 bits per heavy atom. The Kier molecular flexibility index (Phi) is 12.2. The number of rotatable bonds is 16. The van der Waals surface area contributed by atoms with Crippen LogP contribution >= 0.6 is 0 Å². The number of carbonyl (C=O) groups excluding carboxylic acids is 3. The lowest BCUT2D eigenvalue weighted by atomic mass is 10.1. The number of unbranched alkanes of at least 4 members (excludes halogenated alkanes) is 4. The third kappa shape index (κ3) is 9.96. The van der Waals surface area contributed by atoms with Gasteiger partial charge in [-0.05, 0) is 84.8 Å². The van der Waals surface area contributed by atoms with Gasteiger partial charge in [0.2, 0.25) is 0 Å². The number of fused-ring (bicyclic) bond motifs is 1. The van der Waals surface area contributed by atoms with E-state index in [0.717, 1.165) is 12.8 Å². The van der Waals surface area contributed by atoms with E-state index in [2.05, 4.69) is 22.2 Å². The maximum atomic E-state index is 13.3. The second-order valence-corrected chi connectivity index (χ2v) is 11.7. The van der Waals surface area contributed by atoms with Gasteiger partial charge in [-0.3, -0.25) is 19.4 Å². The molecule has 0 aliphatic carbocycles. The first-order valence-corrected chi connectivity index (χ1v) is 16.5. The number of carboxylic acid groups (broad SMARTS) is 1. The number of carboxylic acids is 1. The Morgan fingerprint density at radius 3 is 2.12 bits per heavy atom. The van der Waals surface area contributed by atoms with Crippen molar-refractivity contribution >= 4 is 40.5 Å². The normalized spacial score (nSPS) is 10.7. The van der Waals surface area contributed by atoms with E-state index in [-0.39, 0.29) is 17.8 Å². The number of ether oxygens (including phenoxy) is 2. The molecule has 2 amide bonds. The summed E-state index contributed by atoms with van der Waals surface area (Å²) in [4.78, 5) is 60.2. The maximum Gasteiger partial charge on any atom is 0.343 e. The molecule has 11 nitrogen and oxygen atoms in total. The third-order valence-corrected chi connectivity index (χ3v) is 7.80. The average Bonchev–Trinajstić information content (AvgIpc) is 3.13. The van der Waals surface area contributed by atoms with E-state index in [4.69, 9.17) is 9.47 Å². The molecule has 50 heavy (non-hydrogen) atoms. The van der Waals surface area contributed by atoms with Crippen LogP contribution in [0.4, 0.5) is 5.69 Å². The van der Waals surface area contributed by atoms with Gasteiger partial charge in [0.25, 0.3) is 11.8 Å². The number of hydrogen-bond acceptors (Lipinski definition) is 8. The lowest BCUT2D eigenvalue weighted by Gasteiger charge is -2.21. The molecule has 0 unspecified atom stereocenters. The average molecular weight is 675 g/mol. The van der Waals surface area contributed by atoms with Gasteiger partial charge in [0.1, 0.15) is 23.7 Å². The van der Waals surface area contributed by atoms with Crippen LogP contribution in [0.5, 0.6) is 11.5 Å². The zero-order valence-corrected chi connectivity index (χ0v) is 27.7. The van der Waals surface area contributed by atoms with Crippen LogP contribution in [0.1, 0.15) is 75.8 Å². The highest BCUT2D eigenvalue weighted by Crippen LogP contribution is 2.20. The van der Waals surface area contributed by atoms with Crippen LogP contribution in [0, 0.1) is 0 Å². The molecule has 1 aromatic heterocycles. The molecule has 11 heteroatoms. The number of benzene rings is 4. The zero-order chi connectivity index (χ0) is 35.3. The highest BCUT2D eigenvalue weighted by Gasteiger charge is 2.20. The molecule has 5 rings (SSSR count). The number of nitrogens with one attached hydrogen (secondary N) is 1. The molecular weight excluding hydrogens is 636 g/mol. The summed E-state index contributed by atoms with van der Waals surface area (Å²) in [6, 6.07) is 26.6. The molecule has 256 valence electrons. The van der Waals surface area contributed by atoms with Gasteiger partial charge in [0.15, 0.2) is 0 Å². The summed E-state index contributed by atoms with van der Waals surface area (Å²) in [7, 11) is 0. The second kappa shape index (κ2) is 17.3. The predicted octanol–water partition coefficient (Wildman–Crippen LogP) is 7.18. The van der Waals surface area contributed by atoms with Crippen molar-refractivity contribution < 1.29 is 33.8 Å². The van der Waals surface area contributed by atoms with Crippen LogP contribution in [0.25, 0.3) is 11.0 Å². The summed E-state index contributed by atoms with van der Waals surface area (Å²) in [5, 5.41) is 12.2. The molecule has 0 saturated heterocycles. The lowest BCUT2D eigenvalue weighted by molar-refractivity contribution is -0.137. The number of aliphatic carboxylic acids is 1. The van der Waals surface area contributed by atoms with E-state index in [9.17, 15) is 24.3 Å². The second-order valence-electron chi connectivity index (χ2n) is 11.7. The Balaban J connectivity index is 1.14. The van der Waals surface area contributed by atoms with E-state index in [0.29, 0.717) is 46.0 Å². The van der Waals surface area contributed by atoms with Crippen LogP contribution in [0.3, 0.4) is 0 Å². The first kappa shape index (κ1) is 35.2. The van der Waals surface area contributed by atoms with Crippen LogP contribution in [-0.4, -0.2) is 56.9 Å². The molecule has 0 bridgehead atoms. The smallest absolute Gasteiger partial charge is 0.343 e. The molecule has 4 aromatic carbocycles. The highest BCUT2D eigenvalue weighted by atomic mass is 16.5. The Hall–Kier alpha value is -6.10. The first-order chi connectivity index (χ1) is 24.3. The summed E-state index contributed by atoms with van der Waals surface area (Å²) in [6.45, 7) is 2.27. The number of nitrogens with zero attached hydrogens (tertiary/aromatic N) is 3. The minimum atomic E-state index is -1.17. The molecule has 0 aliphatic rings. The Labute approximate surface area is 289 Å². The standard InChI is InChI=1S/C39H38N4O7/c1-2-3-4-5-8-23-49-31-21-15-29(16-22-31)39(48)50-32-19-11-27(12-20-32)25-43(26-36(44)45)38(47)28-13-17-30(18-14-28)41-37(46)35-24-40-33-9-6-7-10-34(33)42-35/h6-7,9-22,24H,2-5,8,23,25-26H2,1H3,(H,41,46)(H,44,45). The highest BCUT2D eigenvalue weighted by molar-refractivity contribution is 6.04. The number of anilines is 1. The van der Waals surface area contributed by atoms with Gasteiger partial charge >= 0.3 is 11.9 Å². The number of esters is 1. The van der Waals surface area contributed by atoms with Crippen molar-refractivity contribution in [2.24, 2.45) is 0 Å². The van der Waals surface area contributed by atoms with Crippen molar-refractivity contribution in [1.29, 1.82) is 0 Å². The molecule has 0 radical (unpaired) electrons. The minimum absolute atomic E-state index is 0.00144. The topological polar surface area (TPSA) is 148 Å². The predicted molar refractivity (Wildman–Crippen MR) is 188 cm³/mol. The fraction of sp³-hybridized carbons (Fsp3) is 0.231. The van der Waals surface area contributed by atoms with Crippen LogP contribution in [0.15, 0.2) is 103 Å². The first-order valence-electron chi connectivity index (χ1n) is 16.5. The van der Waals surface area contributed by atoms with E-state index >= 15 is 0 Å². The monoisotopic (exact) mass is 674 g/mol. The Morgan fingerprint density at radius 2 is 1.42 bits per heavy atom. The largest absolute Gasteiger partial charge is 0.494 e. The fourth-order valence-electron chi connectivity index (χ4n) is 5.14. The van der Waals surface area contributed by atoms with Crippen LogP contribution < -0.4 is 14.8 Å². The molecule has 1 heterocycles. The van der Waals surface area contributed by atoms with Crippen molar-refractivity contribution in [2.75, 3.05) is 18.5 Å². The van der Waals surface area contributed by atoms with E-state index in [1.54, 1.807) is 72.8 Å². The van der Waals surface area contributed by atoms with Crippen molar-refractivity contribution in [3.8, 4) is 11.5 Å². The molecular formula is C39H38N4O7. The van der Waals surface area contributed by atoms with Gasteiger partial charge < -0.3 is 24.8 Å². The lowest BCUT2D eigenvalue weighted by Crippen LogP contribution is -2.35. The number of amides is 2. The number of hydrogen-bond donors (Lipinski definition) is 2. The van der Waals surface area contributed by atoms with E-state index in [1.165, 1.54) is 42.5 Å². The summed E-state index contributed by atoms with van der Waals surface area (Å²) < 4.78 is 11.3. The van der Waals surface area contributed by atoms with Gasteiger partial charge in [-0.25, -0.2) is 9.78 Å². The van der Waals surface area contributed by atoms with Gasteiger partial charge in [0, 0.05) is 17.8 Å². The maximum absolute atomic E-state index is 13.3. The zero-order valence-electron chi connectivity index (χ0n) is 27.7. The van der Waals surface area contributed by atoms with Crippen molar-refractivity contribution in [1.82, 2.24) is 14.9 Å². The molecule has 0 saturated carbocycles. The van der Waals surface area contributed by atoms with Crippen LogP contribution in [0.2, 0.25) is 0 Å². The van der Waals surface area contributed by atoms with Crippen molar-refractivity contribution in [3.63, 3.8) is 0 Å². The molecule has 0 fully saturated rings. The van der Waals surface area contributed by atoms with Gasteiger partial charge in [0.05, 0.1) is 29.4 Å².